The van der Waals surface area contributed by atoms with Crippen LogP contribution in [-0.4, -0.2) is 59.0 Å². The fraction of sp³-hybridized carbons (Fsp3) is 0.889. The molecule has 0 aliphatic heterocycles. The molecular formula is C9H2F16O2. The zero-order chi connectivity index (χ0) is 22.7. The van der Waals surface area contributed by atoms with Crippen LogP contribution in [0.25, 0.3) is 0 Å². The molecule has 0 spiro atoms. The molecule has 0 bridgehead atoms. The molecule has 0 aromatic heterocycles. The summed E-state index contributed by atoms with van der Waals surface area (Å²) in [6.07, 6.45) is -5.93. The van der Waals surface area contributed by atoms with E-state index >= 15 is 0 Å². The number of aliphatic carboxylic acids is 1. The Hall–Kier alpha value is -1.65. The highest BCUT2D eigenvalue weighted by molar-refractivity contribution is 5.77. The van der Waals surface area contributed by atoms with Crippen molar-refractivity contribution in [1.82, 2.24) is 0 Å². The molecule has 27 heavy (non-hydrogen) atoms. The Bertz CT molecular complexity index is 578. The van der Waals surface area contributed by atoms with Crippen LogP contribution in [0.4, 0.5) is 70.2 Å². The van der Waals surface area contributed by atoms with Crippen LogP contribution in [-0.2, 0) is 4.79 Å². The lowest BCUT2D eigenvalue weighted by Gasteiger charge is -2.41. The van der Waals surface area contributed by atoms with E-state index in [-0.39, 0.29) is 0 Å². The highest BCUT2D eigenvalue weighted by Gasteiger charge is 2.94. The van der Waals surface area contributed by atoms with Gasteiger partial charge in [-0.1, -0.05) is 0 Å². The third-order valence-electron chi connectivity index (χ3n) is 2.93. The Morgan fingerprint density at radius 3 is 1.07 bits per heavy atom. The van der Waals surface area contributed by atoms with Crippen LogP contribution in [0.15, 0.2) is 0 Å². The van der Waals surface area contributed by atoms with Crippen LogP contribution in [0.1, 0.15) is 0 Å². The van der Waals surface area contributed by atoms with Crippen molar-refractivity contribution in [3.8, 4) is 0 Å². The van der Waals surface area contributed by atoms with Gasteiger partial charge < -0.3 is 5.11 Å². The number of alkyl halides is 16. The topological polar surface area (TPSA) is 37.3 Å². The van der Waals surface area contributed by atoms with Gasteiger partial charge in [-0.2, -0.15) is 61.5 Å². The summed E-state index contributed by atoms with van der Waals surface area (Å²) < 4.78 is 202. The average Bonchev–Trinajstić information content (AvgIpc) is 2.45. The molecule has 0 unspecified atom stereocenters. The Morgan fingerprint density at radius 1 is 0.556 bits per heavy atom. The van der Waals surface area contributed by atoms with Crippen LogP contribution in [0.5, 0.6) is 0 Å². The summed E-state index contributed by atoms with van der Waals surface area (Å²) in [5.41, 5.74) is 0. The Kier molecular flexibility index (Phi) is 5.80. The van der Waals surface area contributed by atoms with Crippen molar-refractivity contribution in [2.75, 3.05) is 0 Å². The number of carboxylic acids is 1. The SMILES string of the molecule is O=C(O)C(F)(F)C(F)(F)C(F)(F)C(F)(F)C(F)(F)C(F)(F)C(F)(F)C(F)F. The highest BCUT2D eigenvalue weighted by Crippen LogP contribution is 2.62. The van der Waals surface area contributed by atoms with Crippen molar-refractivity contribution in [2.45, 2.75) is 47.9 Å². The lowest BCUT2D eigenvalue weighted by molar-refractivity contribution is -0.444. The van der Waals surface area contributed by atoms with Gasteiger partial charge in [-0.15, -0.1) is 0 Å². The van der Waals surface area contributed by atoms with Crippen molar-refractivity contribution < 1.29 is 80.1 Å². The maximum absolute atomic E-state index is 13.0. The third-order valence-corrected chi connectivity index (χ3v) is 2.93. The first kappa shape index (κ1) is 25.3. The van der Waals surface area contributed by atoms with Gasteiger partial charge in [0.1, 0.15) is 0 Å². The normalized spacial score (nSPS) is 16.0. The minimum atomic E-state index is -8.58. The predicted octanol–water partition coefficient (Wildman–Crippen LogP) is 4.78. The second kappa shape index (κ2) is 6.18. The van der Waals surface area contributed by atoms with Crippen molar-refractivity contribution in [2.24, 2.45) is 0 Å². The van der Waals surface area contributed by atoms with E-state index in [1.165, 1.54) is 0 Å². The van der Waals surface area contributed by atoms with Crippen molar-refractivity contribution in [1.29, 1.82) is 0 Å². The largest absolute Gasteiger partial charge is 0.477 e. The number of hydrogen-bond acceptors (Lipinski definition) is 1. The molecule has 0 aliphatic carbocycles. The highest BCUT2D eigenvalue weighted by atomic mass is 19.4. The smallest absolute Gasteiger partial charge is 0.410 e. The van der Waals surface area contributed by atoms with Crippen LogP contribution in [0.2, 0.25) is 0 Å². The van der Waals surface area contributed by atoms with Gasteiger partial charge in [0.05, 0.1) is 0 Å². The van der Waals surface area contributed by atoms with Crippen molar-refractivity contribution in [3.05, 3.63) is 0 Å². The van der Waals surface area contributed by atoms with Gasteiger partial charge in [-0.3, -0.25) is 0 Å². The molecule has 0 radical (unpaired) electrons. The summed E-state index contributed by atoms with van der Waals surface area (Å²) in [5.74, 6) is -60.9. The summed E-state index contributed by atoms with van der Waals surface area (Å²) in [6, 6.07) is 0. The van der Waals surface area contributed by atoms with E-state index in [1.807, 2.05) is 0 Å². The number of carbonyl (C=O) groups is 1. The van der Waals surface area contributed by atoms with Gasteiger partial charge in [0.25, 0.3) is 0 Å². The molecule has 1 N–H and O–H groups in total. The lowest BCUT2D eigenvalue weighted by Crippen LogP contribution is -2.74. The molecule has 0 heterocycles. The number of hydrogen-bond donors (Lipinski definition) is 1. The zero-order valence-corrected chi connectivity index (χ0v) is 11.5. The van der Waals surface area contributed by atoms with Crippen LogP contribution < -0.4 is 0 Å². The lowest BCUT2D eigenvalue weighted by atomic mass is 9.89. The summed E-state index contributed by atoms with van der Waals surface area (Å²) >= 11 is 0. The van der Waals surface area contributed by atoms with Gasteiger partial charge in [0.2, 0.25) is 0 Å². The van der Waals surface area contributed by atoms with Gasteiger partial charge in [0, 0.05) is 0 Å². The summed E-state index contributed by atoms with van der Waals surface area (Å²) in [7, 11) is 0. The van der Waals surface area contributed by atoms with E-state index in [1.54, 1.807) is 0 Å². The van der Waals surface area contributed by atoms with Gasteiger partial charge in [-0.05, 0) is 0 Å². The minimum Gasteiger partial charge on any atom is -0.477 e. The van der Waals surface area contributed by atoms with Crippen LogP contribution in [0, 0.1) is 0 Å². The van der Waals surface area contributed by atoms with E-state index in [4.69, 9.17) is 5.11 Å². The molecule has 0 aromatic rings. The van der Waals surface area contributed by atoms with E-state index in [2.05, 4.69) is 0 Å². The van der Waals surface area contributed by atoms with E-state index in [0.717, 1.165) is 0 Å². The Labute approximate surface area is 135 Å². The quantitative estimate of drug-likeness (QED) is 0.545. The minimum absolute atomic E-state index is 4.32. The third kappa shape index (κ3) is 2.94. The fourth-order valence-corrected chi connectivity index (χ4v) is 1.27. The monoisotopic (exact) mass is 446 g/mol. The molecule has 18 heteroatoms. The second-order valence-corrected chi connectivity index (χ2v) is 4.68. The number of carboxylic acid groups (broad SMARTS) is 1. The van der Waals surface area contributed by atoms with Gasteiger partial charge in [0.15, 0.2) is 0 Å². The summed E-state index contributed by atoms with van der Waals surface area (Å²) in [5, 5.41) is 7.61. The maximum Gasteiger partial charge on any atom is 0.410 e. The molecule has 162 valence electrons. The number of rotatable bonds is 8. The number of halogens is 16. The van der Waals surface area contributed by atoms with E-state index < -0.39 is 53.9 Å². The Morgan fingerprint density at radius 2 is 0.815 bits per heavy atom. The molecular weight excluding hydrogens is 444 g/mol. The molecule has 0 amide bonds. The van der Waals surface area contributed by atoms with Crippen molar-refractivity contribution in [3.63, 3.8) is 0 Å². The molecule has 2 nitrogen and oxygen atoms in total. The molecule has 0 aliphatic rings. The molecule has 0 saturated carbocycles. The molecule has 0 fully saturated rings. The zero-order valence-electron chi connectivity index (χ0n) is 11.5. The maximum atomic E-state index is 13.0. The van der Waals surface area contributed by atoms with Crippen molar-refractivity contribution >= 4 is 5.97 Å². The molecule has 0 aromatic carbocycles. The van der Waals surface area contributed by atoms with Crippen LogP contribution in [0.3, 0.4) is 0 Å². The van der Waals surface area contributed by atoms with Gasteiger partial charge >= 0.3 is 53.9 Å². The average molecular weight is 446 g/mol. The first-order chi connectivity index (χ1) is 11.4. The molecule has 0 rings (SSSR count). The van der Waals surface area contributed by atoms with E-state index in [9.17, 15) is 75.0 Å². The van der Waals surface area contributed by atoms with Crippen LogP contribution >= 0.6 is 0 Å². The standard InChI is InChI=1S/C9H2F16O2/c10-1(11)3(12,13)5(16,17)7(20,21)9(24,25)8(22,23)6(18,19)4(14,15)2(26)27/h1H,(H,26,27). The molecule has 0 atom stereocenters. The van der Waals surface area contributed by atoms with E-state index in [0.29, 0.717) is 0 Å². The molecule has 0 saturated heterocycles. The Balaban J connectivity index is 6.66. The summed E-state index contributed by atoms with van der Waals surface area (Å²) in [6.45, 7) is 0. The summed E-state index contributed by atoms with van der Waals surface area (Å²) in [4.78, 5) is 9.77. The first-order valence-corrected chi connectivity index (χ1v) is 5.55. The first-order valence-electron chi connectivity index (χ1n) is 5.55. The van der Waals surface area contributed by atoms with Gasteiger partial charge in [-0.25, -0.2) is 13.6 Å². The fourth-order valence-electron chi connectivity index (χ4n) is 1.27. The second-order valence-electron chi connectivity index (χ2n) is 4.68. The predicted molar refractivity (Wildman–Crippen MR) is 48.3 cm³/mol.